The molecule has 0 spiro atoms. The predicted octanol–water partition coefficient (Wildman–Crippen LogP) is 2.62. The molecule has 0 aliphatic heterocycles. The van der Waals surface area contributed by atoms with Crippen LogP contribution in [0.3, 0.4) is 0 Å². The van der Waals surface area contributed by atoms with E-state index in [0.29, 0.717) is 11.8 Å². The topological polar surface area (TPSA) is 20.3 Å². The highest BCUT2D eigenvalue weighted by Crippen LogP contribution is 2.30. The van der Waals surface area contributed by atoms with Gasteiger partial charge in [0.05, 0.1) is 0 Å². The van der Waals surface area contributed by atoms with E-state index in [2.05, 4.69) is 18.9 Å². The molecule has 2 nitrogen and oxygen atoms in total. The number of rotatable bonds is 2. The highest BCUT2D eigenvalue weighted by Gasteiger charge is 2.31. The van der Waals surface area contributed by atoms with Crippen LogP contribution in [0.5, 0.6) is 0 Å². The zero-order chi connectivity index (χ0) is 10.8. The first-order chi connectivity index (χ1) is 7.16. The average molecular weight is 209 g/mol. The van der Waals surface area contributed by atoms with Crippen molar-refractivity contribution in [3.8, 4) is 0 Å². The summed E-state index contributed by atoms with van der Waals surface area (Å²) in [5.74, 6) is 1.35. The van der Waals surface area contributed by atoms with E-state index in [-0.39, 0.29) is 0 Å². The highest BCUT2D eigenvalue weighted by molar-refractivity contribution is 5.81. The van der Waals surface area contributed by atoms with E-state index in [4.69, 9.17) is 0 Å². The predicted molar refractivity (Wildman–Crippen MR) is 61.8 cm³/mol. The van der Waals surface area contributed by atoms with Gasteiger partial charge in [0.2, 0.25) is 0 Å². The van der Waals surface area contributed by atoms with Crippen molar-refractivity contribution in [1.29, 1.82) is 0 Å². The summed E-state index contributed by atoms with van der Waals surface area (Å²) in [6.45, 7) is 2.36. The summed E-state index contributed by atoms with van der Waals surface area (Å²) < 4.78 is 0. The van der Waals surface area contributed by atoms with Gasteiger partial charge >= 0.3 is 0 Å². The molecule has 0 aromatic carbocycles. The number of hydrogen-bond acceptors (Lipinski definition) is 2. The maximum Gasteiger partial charge on any atom is 0.134 e. The molecule has 0 aromatic heterocycles. The number of nitrogens with zero attached hydrogens (tertiary/aromatic N) is 1. The van der Waals surface area contributed by atoms with Crippen LogP contribution in [0, 0.1) is 5.92 Å². The minimum Gasteiger partial charge on any atom is -0.300 e. The lowest BCUT2D eigenvalue weighted by molar-refractivity contribution is -0.117. The fourth-order valence-electron chi connectivity index (χ4n) is 3.21. The lowest BCUT2D eigenvalue weighted by Crippen LogP contribution is -2.41. The molecule has 0 heterocycles. The fraction of sp³-hybridized carbons (Fsp3) is 0.923. The second-order valence-corrected chi connectivity index (χ2v) is 5.53. The van der Waals surface area contributed by atoms with Crippen molar-refractivity contribution >= 4 is 5.78 Å². The average Bonchev–Trinajstić information content (AvgIpc) is 2.64. The van der Waals surface area contributed by atoms with Gasteiger partial charge in [0, 0.05) is 24.9 Å². The second-order valence-electron chi connectivity index (χ2n) is 5.53. The van der Waals surface area contributed by atoms with Crippen LogP contribution in [0.2, 0.25) is 0 Å². The van der Waals surface area contributed by atoms with Crippen molar-refractivity contribution in [2.45, 2.75) is 64.0 Å². The summed E-state index contributed by atoms with van der Waals surface area (Å²) >= 11 is 0. The Morgan fingerprint density at radius 3 is 2.60 bits per heavy atom. The van der Waals surface area contributed by atoms with Crippen LogP contribution >= 0.6 is 0 Å². The van der Waals surface area contributed by atoms with Crippen molar-refractivity contribution in [1.82, 2.24) is 4.90 Å². The molecule has 0 amide bonds. The number of hydrogen-bond donors (Lipinski definition) is 0. The maximum atomic E-state index is 11.3. The van der Waals surface area contributed by atoms with E-state index >= 15 is 0 Å². The summed E-state index contributed by atoms with van der Waals surface area (Å²) in [5, 5.41) is 0. The molecule has 3 atom stereocenters. The Morgan fingerprint density at radius 2 is 2.00 bits per heavy atom. The van der Waals surface area contributed by atoms with Gasteiger partial charge in [0.25, 0.3) is 0 Å². The lowest BCUT2D eigenvalue weighted by Gasteiger charge is -2.37. The first-order valence-corrected chi connectivity index (χ1v) is 6.40. The van der Waals surface area contributed by atoms with Crippen LogP contribution in [0.4, 0.5) is 0 Å². The first kappa shape index (κ1) is 11.1. The van der Waals surface area contributed by atoms with Crippen LogP contribution in [0.1, 0.15) is 51.9 Å². The Bertz CT molecular complexity index is 239. The quantitative estimate of drug-likeness (QED) is 0.697. The van der Waals surface area contributed by atoms with Crippen molar-refractivity contribution in [2.75, 3.05) is 7.05 Å². The minimum atomic E-state index is 0.468. The van der Waals surface area contributed by atoms with E-state index in [1.807, 2.05) is 0 Å². The third-order valence-electron chi connectivity index (χ3n) is 4.28. The second kappa shape index (κ2) is 4.65. The van der Waals surface area contributed by atoms with Crippen molar-refractivity contribution < 1.29 is 4.79 Å². The Hall–Kier alpha value is -0.370. The van der Waals surface area contributed by atoms with E-state index in [0.717, 1.165) is 31.2 Å². The summed E-state index contributed by atoms with van der Waals surface area (Å²) in [5.41, 5.74) is 0. The molecule has 3 unspecified atom stereocenters. The van der Waals surface area contributed by atoms with Crippen LogP contribution in [-0.2, 0) is 4.79 Å². The number of Topliss-reactive ketones (excluding diaryl/α,β-unsaturated/α-hetero) is 1. The molecule has 2 rings (SSSR count). The lowest BCUT2D eigenvalue weighted by atomic mass is 9.86. The molecule has 86 valence electrons. The molecule has 2 fully saturated rings. The summed E-state index contributed by atoms with van der Waals surface area (Å²) in [7, 11) is 2.23. The molecule has 0 aromatic rings. The van der Waals surface area contributed by atoms with Gasteiger partial charge < -0.3 is 4.90 Å². The normalized spacial score (nSPS) is 37.5. The minimum absolute atomic E-state index is 0.468. The van der Waals surface area contributed by atoms with Gasteiger partial charge in [-0.3, -0.25) is 4.79 Å². The molecule has 0 radical (unpaired) electrons. The number of ketones is 1. The first-order valence-electron chi connectivity index (χ1n) is 6.40. The molecule has 0 N–H and O–H groups in total. The van der Waals surface area contributed by atoms with E-state index < -0.39 is 0 Å². The number of carbonyl (C=O) groups is 1. The Labute approximate surface area is 93.0 Å². The van der Waals surface area contributed by atoms with Gasteiger partial charge in [0.15, 0.2) is 0 Å². The van der Waals surface area contributed by atoms with Gasteiger partial charge in [0.1, 0.15) is 5.78 Å². The summed E-state index contributed by atoms with van der Waals surface area (Å²) in [6, 6.07) is 1.29. The maximum absolute atomic E-state index is 11.3. The van der Waals surface area contributed by atoms with Crippen molar-refractivity contribution in [3.63, 3.8) is 0 Å². The van der Waals surface area contributed by atoms with Gasteiger partial charge in [-0.1, -0.05) is 19.8 Å². The standard InChI is InChI=1S/C13H23NO/c1-10-4-3-5-11(8-10)14(2)12-6-7-13(15)9-12/h10-12H,3-9H2,1-2H3. The SMILES string of the molecule is CC1CCCC(N(C)C2CCC(=O)C2)C1. The zero-order valence-corrected chi connectivity index (χ0v) is 10.0. The van der Waals surface area contributed by atoms with Crippen LogP contribution in [0.15, 0.2) is 0 Å². The fourth-order valence-corrected chi connectivity index (χ4v) is 3.21. The highest BCUT2D eigenvalue weighted by atomic mass is 16.1. The third-order valence-corrected chi connectivity index (χ3v) is 4.28. The van der Waals surface area contributed by atoms with Crippen molar-refractivity contribution in [2.24, 2.45) is 5.92 Å². The van der Waals surface area contributed by atoms with Gasteiger partial charge in [-0.05, 0) is 32.2 Å². The largest absolute Gasteiger partial charge is 0.300 e. The van der Waals surface area contributed by atoms with Crippen LogP contribution < -0.4 is 0 Å². The zero-order valence-electron chi connectivity index (χ0n) is 10.0. The molecular formula is C13H23NO. The van der Waals surface area contributed by atoms with Gasteiger partial charge in [-0.25, -0.2) is 0 Å². The Balaban J connectivity index is 1.89. The van der Waals surface area contributed by atoms with Gasteiger partial charge in [-0.2, -0.15) is 0 Å². The van der Waals surface area contributed by atoms with E-state index in [9.17, 15) is 4.79 Å². The van der Waals surface area contributed by atoms with Gasteiger partial charge in [-0.15, -0.1) is 0 Å². The third kappa shape index (κ3) is 2.60. The molecule has 2 aliphatic rings. The summed E-state index contributed by atoms with van der Waals surface area (Å²) in [6.07, 6.45) is 8.16. The molecule has 0 bridgehead atoms. The Kier molecular flexibility index (Phi) is 3.45. The Morgan fingerprint density at radius 1 is 1.20 bits per heavy atom. The smallest absolute Gasteiger partial charge is 0.134 e. The molecule has 15 heavy (non-hydrogen) atoms. The van der Waals surface area contributed by atoms with E-state index in [1.54, 1.807) is 0 Å². The van der Waals surface area contributed by atoms with Crippen LogP contribution in [0.25, 0.3) is 0 Å². The molecule has 2 aliphatic carbocycles. The molecule has 2 saturated carbocycles. The monoisotopic (exact) mass is 209 g/mol. The molecule has 2 heteroatoms. The summed E-state index contributed by atoms with van der Waals surface area (Å²) in [4.78, 5) is 13.8. The van der Waals surface area contributed by atoms with E-state index in [1.165, 1.54) is 25.7 Å². The number of carbonyl (C=O) groups excluding carboxylic acids is 1. The molecular weight excluding hydrogens is 186 g/mol. The van der Waals surface area contributed by atoms with Crippen LogP contribution in [-0.4, -0.2) is 29.8 Å². The van der Waals surface area contributed by atoms with Crippen molar-refractivity contribution in [3.05, 3.63) is 0 Å². The molecule has 0 saturated heterocycles.